The zero-order chi connectivity index (χ0) is 17.2. The number of pyridine rings is 1. The van der Waals surface area contributed by atoms with Gasteiger partial charge in [0.25, 0.3) is 0 Å². The molecule has 5 nitrogen and oxygen atoms in total. The summed E-state index contributed by atoms with van der Waals surface area (Å²) in [5.74, 6) is -0.424. The number of aromatic nitrogens is 1. The largest absolute Gasteiger partial charge is 0.294 e. The molecule has 1 aliphatic rings. The Morgan fingerprint density at radius 1 is 1.25 bits per heavy atom. The Hall–Kier alpha value is -1.76. The third kappa shape index (κ3) is 3.50. The number of piperidine rings is 1. The molecule has 2 aromatic rings. The minimum Gasteiger partial charge on any atom is -0.294 e. The number of sulfonamides is 1. The summed E-state index contributed by atoms with van der Waals surface area (Å²) in [5, 5.41) is 0.497. The predicted octanol–water partition coefficient (Wildman–Crippen LogP) is 3.02. The van der Waals surface area contributed by atoms with Gasteiger partial charge in [-0.25, -0.2) is 8.42 Å². The van der Waals surface area contributed by atoms with Gasteiger partial charge in [0.1, 0.15) is 4.90 Å². The molecular formula is C17H17ClN2O3S. The molecule has 0 aliphatic carbocycles. The Balaban J connectivity index is 1.81. The molecule has 2 heterocycles. The molecule has 126 valence electrons. The third-order valence-electron chi connectivity index (χ3n) is 4.14. The number of benzene rings is 1. The smallest absolute Gasteiger partial charge is 0.244 e. The first-order chi connectivity index (χ1) is 11.5. The Bertz CT molecular complexity index is 840. The summed E-state index contributed by atoms with van der Waals surface area (Å²) in [7, 11) is -3.63. The van der Waals surface area contributed by atoms with Crippen molar-refractivity contribution in [2.45, 2.75) is 17.7 Å². The van der Waals surface area contributed by atoms with Crippen LogP contribution in [0.2, 0.25) is 5.02 Å². The van der Waals surface area contributed by atoms with Crippen LogP contribution in [0.15, 0.2) is 53.7 Å². The van der Waals surface area contributed by atoms with E-state index in [2.05, 4.69) is 4.98 Å². The van der Waals surface area contributed by atoms with Crippen molar-refractivity contribution in [2.75, 3.05) is 13.1 Å². The average Bonchev–Trinajstić information content (AvgIpc) is 2.62. The van der Waals surface area contributed by atoms with Crippen molar-refractivity contribution in [3.05, 3.63) is 59.4 Å². The van der Waals surface area contributed by atoms with E-state index in [-0.39, 0.29) is 23.1 Å². The lowest BCUT2D eigenvalue weighted by molar-refractivity contribution is 0.0872. The average molecular weight is 365 g/mol. The minimum atomic E-state index is -3.63. The van der Waals surface area contributed by atoms with Crippen molar-refractivity contribution in [3.8, 4) is 0 Å². The Morgan fingerprint density at radius 3 is 2.79 bits per heavy atom. The zero-order valence-electron chi connectivity index (χ0n) is 12.9. The van der Waals surface area contributed by atoms with Gasteiger partial charge in [0.05, 0.1) is 0 Å². The third-order valence-corrected chi connectivity index (χ3v) is 6.22. The van der Waals surface area contributed by atoms with Crippen LogP contribution < -0.4 is 0 Å². The lowest BCUT2D eigenvalue weighted by atomic mass is 9.91. The molecular weight excluding hydrogens is 348 g/mol. The molecule has 1 fully saturated rings. The highest BCUT2D eigenvalue weighted by Crippen LogP contribution is 2.26. The molecule has 0 amide bonds. The van der Waals surface area contributed by atoms with Crippen LogP contribution >= 0.6 is 11.6 Å². The SMILES string of the molecule is O=C(c1cccc(Cl)c1)[C@@H]1CCCN(S(=O)(=O)c2cccnc2)C1. The van der Waals surface area contributed by atoms with Crippen molar-refractivity contribution in [1.29, 1.82) is 0 Å². The lowest BCUT2D eigenvalue weighted by Crippen LogP contribution is -2.42. The molecule has 0 radical (unpaired) electrons. The standard InChI is InChI=1S/C17H17ClN2O3S/c18-15-6-1-4-13(10-15)17(21)14-5-3-9-20(12-14)24(22,23)16-7-2-8-19-11-16/h1-2,4,6-8,10-11,14H,3,5,9,12H2/t14-/m1/s1. The van der Waals surface area contributed by atoms with Gasteiger partial charge >= 0.3 is 0 Å². The van der Waals surface area contributed by atoms with Crippen LogP contribution in [0.5, 0.6) is 0 Å². The van der Waals surface area contributed by atoms with Gasteiger partial charge < -0.3 is 0 Å². The summed E-state index contributed by atoms with van der Waals surface area (Å²) in [5.41, 5.74) is 0.521. The number of ketones is 1. The van der Waals surface area contributed by atoms with Crippen LogP contribution in [0.1, 0.15) is 23.2 Å². The molecule has 1 saturated heterocycles. The monoisotopic (exact) mass is 364 g/mol. The molecule has 1 aromatic heterocycles. The van der Waals surface area contributed by atoms with Gasteiger partial charge in [-0.05, 0) is 37.1 Å². The minimum absolute atomic E-state index is 0.0661. The predicted molar refractivity (Wildman–Crippen MR) is 91.5 cm³/mol. The molecule has 0 N–H and O–H groups in total. The summed E-state index contributed by atoms with van der Waals surface area (Å²) >= 11 is 5.94. The molecule has 0 bridgehead atoms. The number of rotatable bonds is 4. The Labute approximate surface area is 146 Å². The van der Waals surface area contributed by atoms with E-state index in [4.69, 9.17) is 11.6 Å². The van der Waals surface area contributed by atoms with Crippen LogP contribution in [-0.4, -0.2) is 36.6 Å². The van der Waals surface area contributed by atoms with E-state index < -0.39 is 10.0 Å². The molecule has 1 atom stereocenters. The number of Topliss-reactive ketones (excluding diaryl/α,β-unsaturated/α-hetero) is 1. The van der Waals surface area contributed by atoms with E-state index in [0.29, 0.717) is 30.0 Å². The van der Waals surface area contributed by atoms with Crippen molar-refractivity contribution >= 4 is 27.4 Å². The molecule has 24 heavy (non-hydrogen) atoms. The van der Waals surface area contributed by atoms with Gasteiger partial charge in [0, 0.05) is 42.0 Å². The van der Waals surface area contributed by atoms with Crippen LogP contribution in [0.3, 0.4) is 0 Å². The topological polar surface area (TPSA) is 67.3 Å². The van der Waals surface area contributed by atoms with Crippen LogP contribution in [0.4, 0.5) is 0 Å². The van der Waals surface area contributed by atoms with Crippen LogP contribution in [0, 0.1) is 5.92 Å². The Morgan fingerprint density at radius 2 is 2.08 bits per heavy atom. The summed E-state index contributed by atoms with van der Waals surface area (Å²) in [4.78, 5) is 16.7. The van der Waals surface area contributed by atoms with E-state index in [1.165, 1.54) is 22.8 Å². The van der Waals surface area contributed by atoms with Crippen LogP contribution in [-0.2, 0) is 10.0 Å². The van der Waals surface area contributed by atoms with E-state index in [1.807, 2.05) is 0 Å². The molecule has 0 spiro atoms. The maximum atomic E-state index is 12.7. The van der Waals surface area contributed by atoms with Crippen molar-refractivity contribution in [1.82, 2.24) is 9.29 Å². The molecule has 1 aromatic carbocycles. The number of hydrogen-bond acceptors (Lipinski definition) is 4. The second-order valence-electron chi connectivity index (χ2n) is 5.77. The highest BCUT2D eigenvalue weighted by Gasteiger charge is 2.33. The van der Waals surface area contributed by atoms with E-state index in [1.54, 1.807) is 30.3 Å². The maximum absolute atomic E-state index is 12.7. The summed E-state index contributed by atoms with van der Waals surface area (Å²) in [6.07, 6.45) is 4.18. The highest BCUT2D eigenvalue weighted by molar-refractivity contribution is 7.89. The second-order valence-corrected chi connectivity index (χ2v) is 8.14. The maximum Gasteiger partial charge on any atom is 0.244 e. The fraction of sp³-hybridized carbons (Fsp3) is 0.294. The molecule has 7 heteroatoms. The molecule has 0 saturated carbocycles. The molecule has 3 rings (SSSR count). The fourth-order valence-corrected chi connectivity index (χ4v) is 4.58. The second kappa shape index (κ2) is 7.01. The first-order valence-corrected chi connectivity index (χ1v) is 9.50. The van der Waals surface area contributed by atoms with Crippen molar-refractivity contribution < 1.29 is 13.2 Å². The van der Waals surface area contributed by atoms with Gasteiger partial charge in [-0.15, -0.1) is 0 Å². The lowest BCUT2D eigenvalue weighted by Gasteiger charge is -2.31. The number of halogens is 1. The van der Waals surface area contributed by atoms with Gasteiger partial charge in [0.15, 0.2) is 5.78 Å². The van der Waals surface area contributed by atoms with Gasteiger partial charge in [-0.2, -0.15) is 4.31 Å². The van der Waals surface area contributed by atoms with Gasteiger partial charge in [0.2, 0.25) is 10.0 Å². The van der Waals surface area contributed by atoms with Crippen molar-refractivity contribution in [3.63, 3.8) is 0 Å². The zero-order valence-corrected chi connectivity index (χ0v) is 14.5. The van der Waals surface area contributed by atoms with E-state index in [0.717, 1.165) is 0 Å². The summed E-state index contributed by atoms with van der Waals surface area (Å²) in [6, 6.07) is 9.87. The van der Waals surface area contributed by atoms with E-state index in [9.17, 15) is 13.2 Å². The highest BCUT2D eigenvalue weighted by atomic mass is 35.5. The fourth-order valence-electron chi connectivity index (χ4n) is 2.90. The number of hydrogen-bond donors (Lipinski definition) is 0. The van der Waals surface area contributed by atoms with Gasteiger partial charge in [-0.3, -0.25) is 9.78 Å². The summed E-state index contributed by atoms with van der Waals surface area (Å²) in [6.45, 7) is 0.596. The normalized spacial score (nSPS) is 19.1. The number of carbonyl (C=O) groups is 1. The first kappa shape index (κ1) is 17.1. The molecule has 0 unspecified atom stereocenters. The Kier molecular flexibility index (Phi) is 4.99. The quantitative estimate of drug-likeness (QED) is 0.782. The number of carbonyl (C=O) groups excluding carboxylic acids is 1. The molecule has 1 aliphatic heterocycles. The van der Waals surface area contributed by atoms with Gasteiger partial charge in [-0.1, -0.05) is 23.7 Å². The van der Waals surface area contributed by atoms with Crippen LogP contribution in [0.25, 0.3) is 0 Å². The first-order valence-electron chi connectivity index (χ1n) is 7.68. The number of nitrogens with zero attached hydrogens (tertiary/aromatic N) is 2. The van der Waals surface area contributed by atoms with Crippen molar-refractivity contribution in [2.24, 2.45) is 5.92 Å². The van der Waals surface area contributed by atoms with E-state index >= 15 is 0 Å². The summed E-state index contributed by atoms with van der Waals surface area (Å²) < 4.78 is 26.8.